The summed E-state index contributed by atoms with van der Waals surface area (Å²) >= 11 is 0. The Morgan fingerprint density at radius 1 is 0.952 bits per heavy atom. The van der Waals surface area contributed by atoms with Crippen LogP contribution in [0.5, 0.6) is 0 Å². The quantitative estimate of drug-likeness (QED) is 0.858. The summed E-state index contributed by atoms with van der Waals surface area (Å²) in [6.07, 6.45) is 0. The van der Waals surface area contributed by atoms with E-state index in [0.29, 0.717) is 0 Å². The molecule has 4 nitrogen and oxygen atoms in total. The Balaban J connectivity index is 2.17. The number of benzene rings is 2. The minimum Gasteiger partial charge on any atom is -0.456 e. The maximum absolute atomic E-state index is 11.9. The normalized spacial score (nSPS) is 10.2. The molecule has 0 fully saturated rings. The zero-order chi connectivity index (χ0) is 15.1. The maximum Gasteiger partial charge on any atom is 0.303 e. The molecule has 2 aromatic rings. The van der Waals surface area contributed by atoms with Gasteiger partial charge in [-0.25, -0.2) is 0 Å². The van der Waals surface area contributed by atoms with Gasteiger partial charge in [0.1, 0.15) is 0 Å². The lowest BCUT2D eigenvalue weighted by molar-refractivity contribution is -0.146. The number of hydrogen-bond donors (Lipinski definition) is 1. The fourth-order valence-electron chi connectivity index (χ4n) is 2.02. The first kappa shape index (κ1) is 14.8. The Kier molecular flexibility index (Phi) is 5.10. The maximum atomic E-state index is 11.9. The van der Waals surface area contributed by atoms with Gasteiger partial charge in [0.2, 0.25) is 0 Å². The topological polar surface area (TPSA) is 55.4 Å². The van der Waals surface area contributed by atoms with Crippen molar-refractivity contribution in [3.8, 4) is 0 Å². The van der Waals surface area contributed by atoms with Gasteiger partial charge < -0.3 is 10.1 Å². The molecule has 0 bridgehead atoms. The molecule has 0 aliphatic carbocycles. The van der Waals surface area contributed by atoms with Crippen LogP contribution in [0.25, 0.3) is 0 Å². The van der Waals surface area contributed by atoms with Crippen molar-refractivity contribution in [3.63, 3.8) is 0 Å². The summed E-state index contributed by atoms with van der Waals surface area (Å²) in [7, 11) is 0. The van der Waals surface area contributed by atoms with Crippen LogP contribution in [0.3, 0.4) is 0 Å². The molecule has 0 unspecified atom stereocenters. The number of amides is 1. The Morgan fingerprint density at radius 2 is 1.43 bits per heavy atom. The Labute approximate surface area is 123 Å². The minimum atomic E-state index is -0.471. The van der Waals surface area contributed by atoms with E-state index in [1.54, 1.807) is 0 Å². The van der Waals surface area contributed by atoms with E-state index in [1.165, 1.54) is 6.92 Å². The molecule has 0 atom stereocenters. The molecule has 0 aromatic heterocycles. The van der Waals surface area contributed by atoms with Gasteiger partial charge in [-0.05, 0) is 11.1 Å². The molecule has 21 heavy (non-hydrogen) atoms. The fraction of sp³-hybridized carbons (Fsp3) is 0.176. The third kappa shape index (κ3) is 4.45. The molecule has 0 heterocycles. The number of carbonyl (C=O) groups is 2. The van der Waals surface area contributed by atoms with Gasteiger partial charge in [-0.15, -0.1) is 0 Å². The summed E-state index contributed by atoms with van der Waals surface area (Å²) in [5, 5.41) is 2.89. The first-order valence-electron chi connectivity index (χ1n) is 6.69. The molecular formula is C17H17NO3. The Hall–Kier alpha value is -2.62. The van der Waals surface area contributed by atoms with E-state index in [1.807, 2.05) is 60.7 Å². The van der Waals surface area contributed by atoms with Crippen molar-refractivity contribution in [2.24, 2.45) is 0 Å². The molecule has 4 heteroatoms. The summed E-state index contributed by atoms with van der Waals surface area (Å²) in [6, 6.07) is 19.1. The molecule has 2 rings (SSSR count). The molecule has 1 N–H and O–H groups in total. The molecule has 108 valence electrons. The van der Waals surface area contributed by atoms with Gasteiger partial charge >= 0.3 is 5.97 Å². The molecule has 0 aliphatic rings. The predicted molar refractivity (Wildman–Crippen MR) is 79.5 cm³/mol. The van der Waals surface area contributed by atoms with Crippen LogP contribution >= 0.6 is 0 Å². The van der Waals surface area contributed by atoms with E-state index in [0.717, 1.165) is 11.1 Å². The summed E-state index contributed by atoms with van der Waals surface area (Å²) in [5.74, 6) is -0.802. The first-order chi connectivity index (χ1) is 10.2. The second-order valence-corrected chi connectivity index (χ2v) is 4.60. The van der Waals surface area contributed by atoms with Gasteiger partial charge in [0, 0.05) is 6.92 Å². The van der Waals surface area contributed by atoms with Gasteiger partial charge in [-0.3, -0.25) is 9.59 Å². The van der Waals surface area contributed by atoms with Crippen LogP contribution in [-0.2, 0) is 14.3 Å². The van der Waals surface area contributed by atoms with Crippen molar-refractivity contribution in [1.82, 2.24) is 5.32 Å². The van der Waals surface area contributed by atoms with Gasteiger partial charge in [-0.1, -0.05) is 60.7 Å². The lowest BCUT2D eigenvalue weighted by Crippen LogP contribution is -2.32. The molecule has 2 aromatic carbocycles. The number of hydrogen-bond acceptors (Lipinski definition) is 3. The van der Waals surface area contributed by atoms with Crippen molar-refractivity contribution < 1.29 is 14.3 Å². The van der Waals surface area contributed by atoms with Crippen LogP contribution in [0.2, 0.25) is 0 Å². The molecule has 0 radical (unpaired) electrons. The summed E-state index contributed by atoms with van der Waals surface area (Å²) < 4.78 is 4.73. The largest absolute Gasteiger partial charge is 0.456 e. The lowest BCUT2D eigenvalue weighted by atomic mass is 9.99. The fourth-order valence-corrected chi connectivity index (χ4v) is 2.02. The van der Waals surface area contributed by atoms with Crippen LogP contribution in [0.15, 0.2) is 60.7 Å². The van der Waals surface area contributed by atoms with Crippen molar-refractivity contribution in [3.05, 3.63) is 71.8 Å². The highest BCUT2D eigenvalue weighted by molar-refractivity contribution is 5.80. The molecular weight excluding hydrogens is 266 g/mol. The van der Waals surface area contributed by atoms with Gasteiger partial charge in [-0.2, -0.15) is 0 Å². The molecule has 0 saturated heterocycles. The average molecular weight is 283 g/mol. The van der Waals surface area contributed by atoms with E-state index >= 15 is 0 Å². The number of esters is 1. The van der Waals surface area contributed by atoms with Crippen LogP contribution in [0, 0.1) is 0 Å². The lowest BCUT2D eigenvalue weighted by Gasteiger charge is -2.19. The minimum absolute atomic E-state index is 0.268. The highest BCUT2D eigenvalue weighted by Crippen LogP contribution is 2.21. The Morgan fingerprint density at radius 3 is 1.86 bits per heavy atom. The number of ether oxygens (including phenoxy) is 1. The third-order valence-electron chi connectivity index (χ3n) is 2.98. The highest BCUT2D eigenvalue weighted by atomic mass is 16.5. The predicted octanol–water partition coefficient (Wildman–Crippen LogP) is 2.46. The van der Waals surface area contributed by atoms with E-state index in [4.69, 9.17) is 4.74 Å². The van der Waals surface area contributed by atoms with Crippen molar-refractivity contribution >= 4 is 11.9 Å². The van der Waals surface area contributed by atoms with Crippen LogP contribution < -0.4 is 5.32 Å². The summed E-state index contributed by atoms with van der Waals surface area (Å²) in [6.45, 7) is 1.00. The SMILES string of the molecule is CC(=O)OCC(=O)NC(c1ccccc1)c1ccccc1. The van der Waals surface area contributed by atoms with Gasteiger partial charge in [0.05, 0.1) is 6.04 Å². The van der Waals surface area contributed by atoms with Gasteiger partial charge in [0.25, 0.3) is 5.91 Å². The molecule has 0 spiro atoms. The Bertz CT molecular complexity index is 556. The van der Waals surface area contributed by atoms with Crippen molar-refractivity contribution in [2.45, 2.75) is 13.0 Å². The van der Waals surface area contributed by atoms with Crippen LogP contribution in [0.4, 0.5) is 0 Å². The van der Waals surface area contributed by atoms with Crippen LogP contribution in [0.1, 0.15) is 24.1 Å². The zero-order valence-electron chi connectivity index (χ0n) is 11.8. The number of carbonyl (C=O) groups excluding carboxylic acids is 2. The van der Waals surface area contributed by atoms with Crippen molar-refractivity contribution in [1.29, 1.82) is 0 Å². The number of nitrogens with one attached hydrogen (secondary N) is 1. The molecule has 0 aliphatic heterocycles. The smallest absolute Gasteiger partial charge is 0.303 e. The first-order valence-corrected chi connectivity index (χ1v) is 6.69. The van der Waals surface area contributed by atoms with E-state index in [-0.39, 0.29) is 18.6 Å². The van der Waals surface area contributed by atoms with Crippen molar-refractivity contribution in [2.75, 3.05) is 6.61 Å². The summed E-state index contributed by atoms with van der Waals surface area (Å²) in [4.78, 5) is 22.7. The highest BCUT2D eigenvalue weighted by Gasteiger charge is 2.16. The third-order valence-corrected chi connectivity index (χ3v) is 2.98. The monoisotopic (exact) mass is 283 g/mol. The molecule has 1 amide bonds. The summed E-state index contributed by atoms with van der Waals surface area (Å²) in [5.41, 5.74) is 1.94. The zero-order valence-corrected chi connectivity index (χ0v) is 11.8. The second-order valence-electron chi connectivity index (χ2n) is 4.60. The second kappa shape index (κ2) is 7.24. The van der Waals surface area contributed by atoms with Crippen LogP contribution in [-0.4, -0.2) is 18.5 Å². The number of rotatable bonds is 5. The van der Waals surface area contributed by atoms with Gasteiger partial charge in [0.15, 0.2) is 6.61 Å². The standard InChI is InChI=1S/C17H17NO3/c1-13(19)21-12-16(20)18-17(14-8-4-2-5-9-14)15-10-6-3-7-11-15/h2-11,17H,12H2,1H3,(H,18,20). The molecule has 0 saturated carbocycles. The van der Waals surface area contributed by atoms with E-state index in [2.05, 4.69) is 5.32 Å². The van der Waals surface area contributed by atoms with E-state index in [9.17, 15) is 9.59 Å². The average Bonchev–Trinajstić information content (AvgIpc) is 2.52. The van der Waals surface area contributed by atoms with E-state index < -0.39 is 5.97 Å².